The molecule has 0 saturated heterocycles. The van der Waals surface area contributed by atoms with E-state index in [1.54, 1.807) is 0 Å². The summed E-state index contributed by atoms with van der Waals surface area (Å²) in [6.45, 7) is 14.6. The summed E-state index contributed by atoms with van der Waals surface area (Å²) in [4.78, 5) is 2.82. The van der Waals surface area contributed by atoms with Gasteiger partial charge in [0.15, 0.2) is 0 Å². The first-order valence-corrected chi connectivity index (χ1v) is 12.8. The molecule has 1 heteroatoms. The lowest BCUT2D eigenvalue weighted by Crippen LogP contribution is -2.45. The van der Waals surface area contributed by atoms with Crippen molar-refractivity contribution in [2.24, 2.45) is 0 Å². The molecule has 1 nitrogen and oxygen atoms in total. The molecule has 0 amide bonds. The molecule has 0 aromatic rings. The van der Waals surface area contributed by atoms with E-state index in [9.17, 15) is 0 Å². The average Bonchev–Trinajstić information content (AvgIpc) is 2.65. The van der Waals surface area contributed by atoms with E-state index in [1.165, 1.54) is 129 Å². The van der Waals surface area contributed by atoms with Gasteiger partial charge in [0.1, 0.15) is 0 Å². The predicted octanol–water partition coefficient (Wildman–Crippen LogP) is 9.15. The lowest BCUT2D eigenvalue weighted by molar-refractivity contribution is 0.103. The zero-order valence-corrected chi connectivity index (χ0v) is 20.1. The smallest absolute Gasteiger partial charge is 0.0153 e. The molecule has 164 valence electrons. The Kier molecular flexibility index (Phi) is 19.3. The van der Waals surface area contributed by atoms with E-state index in [1.807, 2.05) is 0 Å². The summed E-state index contributed by atoms with van der Waals surface area (Å²) < 4.78 is 0. The van der Waals surface area contributed by atoms with Gasteiger partial charge >= 0.3 is 0 Å². The molecule has 0 fully saturated rings. The molecule has 0 N–H and O–H groups in total. The van der Waals surface area contributed by atoms with E-state index < -0.39 is 0 Å². The molecule has 0 saturated carbocycles. The molecule has 0 aliphatic heterocycles. The molecule has 0 heterocycles. The van der Waals surface area contributed by atoms with Gasteiger partial charge < -0.3 is 0 Å². The summed E-state index contributed by atoms with van der Waals surface area (Å²) in [5.74, 6) is 0. The van der Waals surface area contributed by atoms with Crippen LogP contribution in [0, 0.1) is 0 Å². The Morgan fingerprint density at radius 1 is 0.444 bits per heavy atom. The van der Waals surface area contributed by atoms with Gasteiger partial charge in [-0.05, 0) is 46.2 Å². The van der Waals surface area contributed by atoms with Crippen LogP contribution < -0.4 is 0 Å². The van der Waals surface area contributed by atoms with Crippen molar-refractivity contribution in [3.8, 4) is 0 Å². The van der Waals surface area contributed by atoms with E-state index in [2.05, 4.69) is 39.5 Å². The maximum Gasteiger partial charge on any atom is 0.0153 e. The van der Waals surface area contributed by atoms with Gasteiger partial charge in [-0.15, -0.1) is 0 Å². The third-order valence-electron chi connectivity index (χ3n) is 6.31. The Bertz CT molecular complexity index is 284. The molecule has 0 spiro atoms. The summed E-state index contributed by atoms with van der Waals surface area (Å²) in [5, 5.41) is 0. The maximum absolute atomic E-state index is 2.82. The summed E-state index contributed by atoms with van der Waals surface area (Å²) >= 11 is 0. The van der Waals surface area contributed by atoms with Crippen LogP contribution in [-0.4, -0.2) is 23.5 Å². The fourth-order valence-corrected chi connectivity index (χ4v) is 4.18. The number of rotatable bonds is 21. The second-order valence-corrected chi connectivity index (χ2v) is 9.50. The van der Waals surface area contributed by atoms with Crippen LogP contribution in [0.4, 0.5) is 0 Å². The fraction of sp³-hybridized carbons (Fsp3) is 1.00. The van der Waals surface area contributed by atoms with Crippen LogP contribution in [0.15, 0.2) is 0 Å². The van der Waals surface area contributed by atoms with Gasteiger partial charge in [-0.2, -0.15) is 0 Å². The van der Waals surface area contributed by atoms with Crippen molar-refractivity contribution < 1.29 is 0 Å². The standard InChI is InChI=1S/C26H55N/c1-6-9-12-14-16-18-20-22-25-27(24-11-8-3)26(4,5)23-21-19-17-15-13-10-7-2/h6-25H2,1-5H3. The van der Waals surface area contributed by atoms with Crippen molar-refractivity contribution in [3.05, 3.63) is 0 Å². The van der Waals surface area contributed by atoms with Crippen molar-refractivity contribution in [1.29, 1.82) is 0 Å². The van der Waals surface area contributed by atoms with E-state index >= 15 is 0 Å². The van der Waals surface area contributed by atoms with Crippen LogP contribution in [0.25, 0.3) is 0 Å². The molecule has 27 heavy (non-hydrogen) atoms. The van der Waals surface area contributed by atoms with Gasteiger partial charge in [-0.3, -0.25) is 4.90 Å². The average molecular weight is 382 g/mol. The molecule has 0 radical (unpaired) electrons. The van der Waals surface area contributed by atoms with Gasteiger partial charge in [-0.25, -0.2) is 0 Å². The Balaban J connectivity index is 4.00. The van der Waals surface area contributed by atoms with Crippen LogP contribution in [-0.2, 0) is 0 Å². The first-order chi connectivity index (χ1) is 13.1. The van der Waals surface area contributed by atoms with Crippen LogP contribution in [0.3, 0.4) is 0 Å². The SMILES string of the molecule is CCCCCCCCCCN(CCCC)C(C)(C)CCCCCCCCC. The van der Waals surface area contributed by atoms with Crippen molar-refractivity contribution >= 4 is 0 Å². The molecular formula is C26H55N. The molecule has 0 atom stereocenters. The van der Waals surface area contributed by atoms with E-state index in [-0.39, 0.29) is 0 Å². The molecule has 0 rings (SSSR count). The van der Waals surface area contributed by atoms with Gasteiger partial charge in [0.2, 0.25) is 0 Å². The Labute approximate surface area is 174 Å². The second kappa shape index (κ2) is 19.3. The highest BCUT2D eigenvalue weighted by Gasteiger charge is 2.25. The Morgan fingerprint density at radius 3 is 1.30 bits per heavy atom. The summed E-state index contributed by atoms with van der Waals surface area (Å²) in [6.07, 6.45) is 25.5. The van der Waals surface area contributed by atoms with Crippen LogP contribution in [0.1, 0.15) is 150 Å². The van der Waals surface area contributed by atoms with Crippen LogP contribution >= 0.6 is 0 Å². The summed E-state index contributed by atoms with van der Waals surface area (Å²) in [7, 11) is 0. The summed E-state index contributed by atoms with van der Waals surface area (Å²) in [6, 6.07) is 0. The van der Waals surface area contributed by atoms with Gasteiger partial charge in [0, 0.05) is 5.54 Å². The second-order valence-electron chi connectivity index (χ2n) is 9.50. The van der Waals surface area contributed by atoms with E-state index in [0.29, 0.717) is 5.54 Å². The van der Waals surface area contributed by atoms with Gasteiger partial charge in [0.25, 0.3) is 0 Å². The molecule has 0 aromatic carbocycles. The molecule has 0 aromatic heterocycles. The predicted molar refractivity (Wildman–Crippen MR) is 126 cm³/mol. The normalized spacial score (nSPS) is 12.2. The molecule has 0 aliphatic carbocycles. The minimum absolute atomic E-state index is 0.389. The minimum atomic E-state index is 0.389. The van der Waals surface area contributed by atoms with Crippen LogP contribution in [0.5, 0.6) is 0 Å². The molecular weight excluding hydrogens is 326 g/mol. The van der Waals surface area contributed by atoms with E-state index in [0.717, 1.165) is 0 Å². The highest BCUT2D eigenvalue weighted by atomic mass is 15.2. The number of hydrogen-bond acceptors (Lipinski definition) is 1. The third kappa shape index (κ3) is 16.6. The monoisotopic (exact) mass is 381 g/mol. The molecule has 0 aliphatic rings. The zero-order chi connectivity index (χ0) is 20.2. The lowest BCUT2D eigenvalue weighted by Gasteiger charge is -2.39. The third-order valence-corrected chi connectivity index (χ3v) is 6.31. The Hall–Kier alpha value is -0.0400. The number of nitrogens with zero attached hydrogens (tertiary/aromatic N) is 1. The first kappa shape index (κ1) is 27.0. The zero-order valence-electron chi connectivity index (χ0n) is 20.1. The van der Waals surface area contributed by atoms with Crippen molar-refractivity contribution in [1.82, 2.24) is 4.90 Å². The topological polar surface area (TPSA) is 3.24 Å². The van der Waals surface area contributed by atoms with Crippen molar-refractivity contribution in [2.75, 3.05) is 13.1 Å². The number of unbranched alkanes of at least 4 members (excludes halogenated alkanes) is 14. The number of hydrogen-bond donors (Lipinski definition) is 0. The highest BCUT2D eigenvalue weighted by Crippen LogP contribution is 2.24. The molecule has 0 bridgehead atoms. The lowest BCUT2D eigenvalue weighted by atomic mass is 9.93. The quantitative estimate of drug-likeness (QED) is 0.179. The van der Waals surface area contributed by atoms with Crippen LogP contribution in [0.2, 0.25) is 0 Å². The summed E-state index contributed by atoms with van der Waals surface area (Å²) in [5.41, 5.74) is 0.389. The molecule has 0 unspecified atom stereocenters. The minimum Gasteiger partial charge on any atom is -0.298 e. The van der Waals surface area contributed by atoms with Crippen molar-refractivity contribution in [2.45, 2.75) is 156 Å². The van der Waals surface area contributed by atoms with E-state index in [4.69, 9.17) is 0 Å². The first-order valence-electron chi connectivity index (χ1n) is 12.8. The van der Waals surface area contributed by atoms with Gasteiger partial charge in [0.05, 0.1) is 0 Å². The van der Waals surface area contributed by atoms with Crippen molar-refractivity contribution in [3.63, 3.8) is 0 Å². The van der Waals surface area contributed by atoms with Gasteiger partial charge in [-0.1, -0.05) is 117 Å². The highest BCUT2D eigenvalue weighted by molar-refractivity contribution is 4.81. The largest absolute Gasteiger partial charge is 0.298 e. The maximum atomic E-state index is 2.82. The fourth-order valence-electron chi connectivity index (χ4n) is 4.18. The Morgan fingerprint density at radius 2 is 0.815 bits per heavy atom.